The highest BCUT2D eigenvalue weighted by molar-refractivity contribution is 7.11. The molecule has 0 bridgehead atoms. The number of hydrogen-bond donors (Lipinski definition) is 0. The fraction of sp³-hybridized carbons (Fsp3) is 0.357. The van der Waals surface area contributed by atoms with Gasteiger partial charge in [-0.25, -0.2) is 4.98 Å². The molecule has 0 N–H and O–H groups in total. The minimum atomic E-state index is -0.0857. The van der Waals surface area contributed by atoms with Crippen LogP contribution in [-0.2, 0) is 0 Å². The van der Waals surface area contributed by atoms with Gasteiger partial charge in [-0.3, -0.25) is 0 Å². The first kappa shape index (κ1) is 11.5. The Balaban J connectivity index is 1.83. The monoisotopic (exact) mass is 261 g/mol. The molecular weight excluding hydrogens is 246 g/mol. The second-order valence-corrected chi connectivity index (χ2v) is 5.71. The molecule has 2 aromatic rings. The number of hydrogen-bond acceptors (Lipinski definition) is 4. The van der Waals surface area contributed by atoms with Gasteiger partial charge in [-0.2, -0.15) is 0 Å². The highest BCUT2D eigenvalue weighted by Gasteiger charge is 2.25. The third kappa shape index (κ3) is 2.08. The molecule has 1 aliphatic rings. The van der Waals surface area contributed by atoms with Crippen molar-refractivity contribution in [2.45, 2.75) is 25.9 Å². The lowest BCUT2D eigenvalue weighted by Gasteiger charge is -2.24. The number of benzene rings is 1. The Kier molecular flexibility index (Phi) is 2.96. The maximum atomic E-state index is 5.93. The van der Waals surface area contributed by atoms with Gasteiger partial charge in [0.15, 0.2) is 17.6 Å². The van der Waals surface area contributed by atoms with Crippen LogP contribution in [0.5, 0.6) is 11.5 Å². The van der Waals surface area contributed by atoms with Gasteiger partial charge in [0.1, 0.15) is 11.6 Å². The standard InChI is InChI=1S/C14H15NO2S/c1-9(2)13-7-15-14(18-13)12-8-16-10-5-3-4-6-11(10)17-12/h3-7,9,12H,8H2,1-2H3. The van der Waals surface area contributed by atoms with Gasteiger partial charge in [0, 0.05) is 11.1 Å². The predicted molar refractivity (Wildman–Crippen MR) is 71.5 cm³/mol. The van der Waals surface area contributed by atoms with Gasteiger partial charge in [-0.05, 0) is 18.1 Å². The van der Waals surface area contributed by atoms with E-state index in [1.54, 1.807) is 11.3 Å². The zero-order valence-corrected chi connectivity index (χ0v) is 11.2. The number of nitrogens with zero attached hydrogens (tertiary/aromatic N) is 1. The number of aromatic nitrogens is 1. The fourth-order valence-electron chi connectivity index (χ4n) is 1.86. The molecule has 0 radical (unpaired) electrons. The Labute approximate surface area is 110 Å². The third-order valence-electron chi connectivity index (χ3n) is 2.89. The van der Waals surface area contributed by atoms with Crippen molar-refractivity contribution in [1.82, 2.24) is 4.98 Å². The largest absolute Gasteiger partial charge is 0.485 e. The first-order chi connectivity index (χ1) is 8.74. The molecule has 1 aliphatic heterocycles. The maximum Gasteiger partial charge on any atom is 0.184 e. The lowest BCUT2D eigenvalue weighted by Crippen LogP contribution is -2.21. The van der Waals surface area contributed by atoms with E-state index in [0.29, 0.717) is 12.5 Å². The molecule has 0 fully saturated rings. The number of thiazole rings is 1. The quantitative estimate of drug-likeness (QED) is 0.824. The molecule has 1 unspecified atom stereocenters. The molecule has 18 heavy (non-hydrogen) atoms. The Morgan fingerprint density at radius 2 is 2.06 bits per heavy atom. The van der Waals surface area contributed by atoms with Crippen LogP contribution in [0.1, 0.15) is 35.8 Å². The minimum Gasteiger partial charge on any atom is -0.485 e. The summed E-state index contributed by atoms with van der Waals surface area (Å²) >= 11 is 1.71. The molecule has 4 heteroatoms. The van der Waals surface area contributed by atoms with E-state index < -0.39 is 0 Å². The zero-order chi connectivity index (χ0) is 12.5. The van der Waals surface area contributed by atoms with Crippen LogP contribution in [0.2, 0.25) is 0 Å². The number of ether oxygens (including phenoxy) is 2. The normalized spacial score (nSPS) is 18.1. The molecule has 2 heterocycles. The van der Waals surface area contributed by atoms with Gasteiger partial charge in [0.25, 0.3) is 0 Å². The Morgan fingerprint density at radius 3 is 2.78 bits per heavy atom. The minimum absolute atomic E-state index is 0.0857. The molecular formula is C14H15NO2S. The molecule has 3 rings (SSSR count). The average Bonchev–Trinajstić information content (AvgIpc) is 2.88. The Morgan fingerprint density at radius 1 is 1.28 bits per heavy atom. The Bertz CT molecular complexity index is 550. The summed E-state index contributed by atoms with van der Waals surface area (Å²) in [5.41, 5.74) is 0. The van der Waals surface area contributed by atoms with Crippen molar-refractivity contribution < 1.29 is 9.47 Å². The molecule has 0 saturated carbocycles. The van der Waals surface area contributed by atoms with Crippen molar-refractivity contribution in [1.29, 1.82) is 0 Å². The van der Waals surface area contributed by atoms with Crippen molar-refractivity contribution in [3.8, 4) is 11.5 Å². The highest BCUT2D eigenvalue weighted by atomic mass is 32.1. The smallest absolute Gasteiger partial charge is 0.184 e. The first-order valence-corrected chi connectivity index (χ1v) is 6.90. The van der Waals surface area contributed by atoms with Crippen molar-refractivity contribution in [3.05, 3.63) is 40.3 Å². The average molecular weight is 261 g/mol. The molecule has 94 valence electrons. The van der Waals surface area contributed by atoms with E-state index in [4.69, 9.17) is 9.47 Å². The molecule has 0 amide bonds. The van der Waals surface area contributed by atoms with Crippen molar-refractivity contribution in [3.63, 3.8) is 0 Å². The van der Waals surface area contributed by atoms with Gasteiger partial charge in [0.05, 0.1) is 0 Å². The summed E-state index contributed by atoms with van der Waals surface area (Å²) < 4.78 is 11.6. The molecule has 1 aromatic carbocycles. The van der Waals surface area contributed by atoms with Crippen molar-refractivity contribution in [2.75, 3.05) is 6.61 Å². The van der Waals surface area contributed by atoms with Gasteiger partial charge in [0.2, 0.25) is 0 Å². The van der Waals surface area contributed by atoms with E-state index >= 15 is 0 Å². The summed E-state index contributed by atoms with van der Waals surface area (Å²) in [6.45, 7) is 4.87. The van der Waals surface area contributed by atoms with Gasteiger partial charge in [-0.15, -0.1) is 11.3 Å². The zero-order valence-electron chi connectivity index (χ0n) is 10.4. The van der Waals surface area contributed by atoms with E-state index in [2.05, 4.69) is 18.8 Å². The van der Waals surface area contributed by atoms with E-state index in [9.17, 15) is 0 Å². The summed E-state index contributed by atoms with van der Waals surface area (Å²) in [7, 11) is 0. The summed E-state index contributed by atoms with van der Waals surface area (Å²) in [6, 6.07) is 7.75. The van der Waals surface area contributed by atoms with Crippen LogP contribution in [0.4, 0.5) is 0 Å². The van der Waals surface area contributed by atoms with E-state index in [1.165, 1.54) is 4.88 Å². The van der Waals surface area contributed by atoms with Crippen LogP contribution in [0, 0.1) is 0 Å². The molecule has 3 nitrogen and oxygen atoms in total. The summed E-state index contributed by atoms with van der Waals surface area (Å²) in [5, 5.41) is 0.994. The first-order valence-electron chi connectivity index (χ1n) is 6.08. The van der Waals surface area contributed by atoms with Crippen LogP contribution < -0.4 is 9.47 Å². The van der Waals surface area contributed by atoms with Gasteiger partial charge >= 0.3 is 0 Å². The molecule has 1 aromatic heterocycles. The molecule has 0 spiro atoms. The lowest BCUT2D eigenvalue weighted by atomic mass is 10.2. The van der Waals surface area contributed by atoms with Gasteiger partial charge < -0.3 is 9.47 Å². The van der Waals surface area contributed by atoms with Gasteiger partial charge in [-0.1, -0.05) is 26.0 Å². The van der Waals surface area contributed by atoms with Crippen LogP contribution in [0.15, 0.2) is 30.5 Å². The SMILES string of the molecule is CC(C)c1cnc(C2COc3ccccc3O2)s1. The van der Waals surface area contributed by atoms with E-state index in [0.717, 1.165) is 16.5 Å². The molecule has 0 aliphatic carbocycles. The lowest BCUT2D eigenvalue weighted by molar-refractivity contribution is 0.0911. The van der Waals surface area contributed by atoms with Crippen LogP contribution >= 0.6 is 11.3 Å². The third-order valence-corrected chi connectivity index (χ3v) is 4.28. The number of fused-ring (bicyclic) bond motifs is 1. The van der Waals surface area contributed by atoms with Crippen LogP contribution in [0.25, 0.3) is 0 Å². The second kappa shape index (κ2) is 4.61. The summed E-state index contributed by atoms with van der Waals surface area (Å²) in [6.07, 6.45) is 1.85. The molecule has 0 saturated heterocycles. The van der Waals surface area contributed by atoms with Crippen LogP contribution in [-0.4, -0.2) is 11.6 Å². The summed E-state index contributed by atoms with van der Waals surface area (Å²) in [5.74, 6) is 2.12. The maximum absolute atomic E-state index is 5.93. The molecule has 1 atom stereocenters. The Hall–Kier alpha value is -1.55. The number of para-hydroxylation sites is 2. The number of rotatable bonds is 2. The van der Waals surface area contributed by atoms with Crippen molar-refractivity contribution >= 4 is 11.3 Å². The van der Waals surface area contributed by atoms with Crippen LogP contribution in [0.3, 0.4) is 0 Å². The second-order valence-electron chi connectivity index (χ2n) is 4.62. The topological polar surface area (TPSA) is 31.4 Å². The fourth-order valence-corrected chi connectivity index (χ4v) is 2.79. The van der Waals surface area contributed by atoms with Crippen molar-refractivity contribution in [2.24, 2.45) is 0 Å². The highest BCUT2D eigenvalue weighted by Crippen LogP contribution is 2.37. The summed E-state index contributed by atoms with van der Waals surface area (Å²) in [4.78, 5) is 5.73. The van der Waals surface area contributed by atoms with E-state index in [-0.39, 0.29) is 6.10 Å². The van der Waals surface area contributed by atoms with E-state index in [1.807, 2.05) is 30.5 Å². The predicted octanol–water partition coefficient (Wildman–Crippen LogP) is 3.78.